The molecule has 6 nitrogen and oxygen atoms in total. The molecule has 0 unspecified atom stereocenters. The number of carboxylic acids is 1. The molecule has 0 radical (unpaired) electrons. The number of nitrogens with zero attached hydrogens (tertiary/aromatic N) is 3. The summed E-state index contributed by atoms with van der Waals surface area (Å²) in [5.41, 5.74) is 1.99. The Bertz CT molecular complexity index is 562. The van der Waals surface area contributed by atoms with E-state index in [0.29, 0.717) is 22.9 Å². The highest BCUT2D eigenvalue weighted by atomic mass is 16.4. The van der Waals surface area contributed by atoms with Crippen LogP contribution in [0.2, 0.25) is 0 Å². The summed E-state index contributed by atoms with van der Waals surface area (Å²) in [6.45, 7) is 4.53. The summed E-state index contributed by atoms with van der Waals surface area (Å²) >= 11 is 0. The molecule has 0 bridgehead atoms. The van der Waals surface area contributed by atoms with Gasteiger partial charge in [0.25, 0.3) is 0 Å². The lowest BCUT2D eigenvalue weighted by molar-refractivity contribution is -0.136. The number of hydrogen-bond acceptors (Lipinski definition) is 4. The van der Waals surface area contributed by atoms with Gasteiger partial charge in [-0.15, -0.1) is 5.10 Å². The summed E-state index contributed by atoms with van der Waals surface area (Å²) in [6, 6.07) is 3.65. The molecule has 2 aromatic heterocycles. The van der Waals surface area contributed by atoms with Crippen LogP contribution in [0.5, 0.6) is 0 Å². The topological polar surface area (TPSA) is 79.5 Å². The molecule has 2 aromatic rings. The molecule has 0 atom stereocenters. The van der Waals surface area contributed by atoms with Crippen LogP contribution in [0.25, 0.3) is 5.65 Å². The van der Waals surface area contributed by atoms with Crippen LogP contribution in [0.15, 0.2) is 12.1 Å². The molecule has 2 rings (SSSR count). The minimum absolute atomic E-state index is 0.0738. The maximum absolute atomic E-state index is 10.8. The average Bonchev–Trinajstić information content (AvgIpc) is 2.56. The standard InChI is InChI=1S/C11H14N4O2/c1-3-12-9-4-5-10-13-7(2)8(6-11(16)17)15(10)14-9/h4-5H,3,6H2,1-2H3,(H,12,14)(H,16,17). The third kappa shape index (κ3) is 2.20. The van der Waals surface area contributed by atoms with Crippen molar-refractivity contribution < 1.29 is 9.90 Å². The van der Waals surface area contributed by atoms with Crippen molar-refractivity contribution in [1.29, 1.82) is 0 Å². The van der Waals surface area contributed by atoms with Gasteiger partial charge in [-0.25, -0.2) is 9.50 Å². The summed E-state index contributed by atoms with van der Waals surface area (Å²) in [4.78, 5) is 15.1. The quantitative estimate of drug-likeness (QED) is 0.828. The normalized spacial score (nSPS) is 10.7. The molecule has 90 valence electrons. The first kappa shape index (κ1) is 11.4. The fourth-order valence-corrected chi connectivity index (χ4v) is 1.71. The van der Waals surface area contributed by atoms with E-state index in [1.165, 1.54) is 0 Å². The lowest BCUT2D eigenvalue weighted by atomic mass is 10.3. The van der Waals surface area contributed by atoms with Gasteiger partial charge in [-0.3, -0.25) is 4.79 Å². The number of aromatic nitrogens is 3. The van der Waals surface area contributed by atoms with E-state index >= 15 is 0 Å². The van der Waals surface area contributed by atoms with Crippen molar-refractivity contribution in [2.75, 3.05) is 11.9 Å². The fourth-order valence-electron chi connectivity index (χ4n) is 1.71. The van der Waals surface area contributed by atoms with Crippen molar-refractivity contribution in [3.63, 3.8) is 0 Å². The van der Waals surface area contributed by atoms with E-state index in [4.69, 9.17) is 5.11 Å². The zero-order valence-corrected chi connectivity index (χ0v) is 9.77. The van der Waals surface area contributed by atoms with Crippen LogP contribution in [-0.4, -0.2) is 32.2 Å². The van der Waals surface area contributed by atoms with Gasteiger partial charge >= 0.3 is 5.97 Å². The first-order valence-electron chi connectivity index (χ1n) is 5.42. The molecule has 0 spiro atoms. The molecular formula is C11H14N4O2. The number of fused-ring (bicyclic) bond motifs is 1. The second kappa shape index (κ2) is 4.40. The van der Waals surface area contributed by atoms with Gasteiger partial charge < -0.3 is 10.4 Å². The second-order valence-electron chi connectivity index (χ2n) is 3.73. The van der Waals surface area contributed by atoms with E-state index in [1.54, 1.807) is 11.4 Å². The Labute approximate surface area is 98.3 Å². The van der Waals surface area contributed by atoms with Crippen LogP contribution in [0, 0.1) is 6.92 Å². The number of carbonyl (C=O) groups is 1. The van der Waals surface area contributed by atoms with E-state index in [9.17, 15) is 4.79 Å². The summed E-state index contributed by atoms with van der Waals surface area (Å²) in [6.07, 6.45) is -0.0738. The summed E-state index contributed by atoms with van der Waals surface area (Å²) < 4.78 is 1.58. The molecule has 0 aliphatic heterocycles. The summed E-state index contributed by atoms with van der Waals surface area (Å²) in [5, 5.41) is 16.3. The van der Waals surface area contributed by atoms with Gasteiger partial charge in [-0.2, -0.15) is 0 Å². The van der Waals surface area contributed by atoms with Gasteiger partial charge in [0.15, 0.2) is 5.65 Å². The first-order chi connectivity index (χ1) is 8.11. The molecule has 0 aliphatic rings. The Balaban J connectivity index is 2.52. The number of anilines is 1. The molecule has 0 amide bonds. The number of aliphatic carboxylic acids is 1. The SMILES string of the molecule is CCNc1ccc2nc(C)c(CC(=O)O)n2n1. The zero-order valence-electron chi connectivity index (χ0n) is 9.77. The Morgan fingerprint density at radius 3 is 2.94 bits per heavy atom. The third-order valence-corrected chi connectivity index (χ3v) is 2.45. The monoisotopic (exact) mass is 234 g/mol. The number of nitrogens with one attached hydrogen (secondary N) is 1. The number of hydrogen-bond donors (Lipinski definition) is 2. The van der Waals surface area contributed by atoms with Crippen LogP contribution in [0.4, 0.5) is 5.82 Å². The van der Waals surface area contributed by atoms with E-state index < -0.39 is 5.97 Å². The van der Waals surface area contributed by atoms with Gasteiger partial charge in [0, 0.05) is 6.54 Å². The maximum Gasteiger partial charge on any atom is 0.309 e. The van der Waals surface area contributed by atoms with E-state index in [-0.39, 0.29) is 6.42 Å². The molecule has 2 heterocycles. The largest absolute Gasteiger partial charge is 0.481 e. The molecule has 6 heteroatoms. The summed E-state index contributed by atoms with van der Waals surface area (Å²) in [5.74, 6) is -0.172. The average molecular weight is 234 g/mol. The minimum Gasteiger partial charge on any atom is -0.481 e. The smallest absolute Gasteiger partial charge is 0.309 e. The van der Waals surface area contributed by atoms with Gasteiger partial charge in [0.05, 0.1) is 17.8 Å². The highest BCUT2D eigenvalue weighted by Gasteiger charge is 2.13. The van der Waals surface area contributed by atoms with Crippen molar-refractivity contribution in [3.8, 4) is 0 Å². The van der Waals surface area contributed by atoms with Crippen molar-refractivity contribution in [2.24, 2.45) is 0 Å². The molecule has 2 N–H and O–H groups in total. The zero-order chi connectivity index (χ0) is 12.4. The lowest BCUT2D eigenvalue weighted by Gasteiger charge is -2.03. The van der Waals surface area contributed by atoms with Crippen molar-refractivity contribution >= 4 is 17.4 Å². The number of carboxylic acid groups (broad SMARTS) is 1. The van der Waals surface area contributed by atoms with E-state index in [0.717, 1.165) is 6.54 Å². The predicted octanol–water partition coefficient (Wildman–Crippen LogP) is 1.10. The second-order valence-corrected chi connectivity index (χ2v) is 3.73. The maximum atomic E-state index is 10.8. The highest BCUT2D eigenvalue weighted by molar-refractivity contribution is 5.70. The molecule has 17 heavy (non-hydrogen) atoms. The summed E-state index contributed by atoms with van der Waals surface area (Å²) in [7, 11) is 0. The Morgan fingerprint density at radius 2 is 2.29 bits per heavy atom. The van der Waals surface area contributed by atoms with Crippen molar-refractivity contribution in [3.05, 3.63) is 23.5 Å². The molecule has 0 aliphatic carbocycles. The van der Waals surface area contributed by atoms with Crippen LogP contribution in [0.1, 0.15) is 18.3 Å². The predicted molar refractivity (Wildman–Crippen MR) is 63.2 cm³/mol. The number of aryl methyl sites for hydroxylation is 1. The van der Waals surface area contributed by atoms with Gasteiger partial charge in [0.2, 0.25) is 0 Å². The third-order valence-electron chi connectivity index (χ3n) is 2.45. The van der Waals surface area contributed by atoms with Crippen molar-refractivity contribution in [1.82, 2.24) is 14.6 Å². The minimum atomic E-state index is -0.884. The lowest BCUT2D eigenvalue weighted by Crippen LogP contribution is -2.08. The van der Waals surface area contributed by atoms with Gasteiger partial charge in [-0.1, -0.05) is 0 Å². The Kier molecular flexibility index (Phi) is 2.95. The van der Waals surface area contributed by atoms with Crippen LogP contribution in [-0.2, 0) is 11.2 Å². The van der Waals surface area contributed by atoms with Gasteiger partial charge in [0.1, 0.15) is 5.82 Å². The van der Waals surface area contributed by atoms with Crippen LogP contribution >= 0.6 is 0 Å². The van der Waals surface area contributed by atoms with E-state index in [2.05, 4.69) is 15.4 Å². The number of imidazole rings is 1. The highest BCUT2D eigenvalue weighted by Crippen LogP contribution is 2.13. The Morgan fingerprint density at radius 1 is 1.53 bits per heavy atom. The molecule has 0 saturated carbocycles. The molecule has 0 fully saturated rings. The van der Waals surface area contributed by atoms with Crippen molar-refractivity contribution in [2.45, 2.75) is 20.3 Å². The Hall–Kier alpha value is -2.11. The fraction of sp³-hybridized carbons (Fsp3) is 0.364. The van der Waals surface area contributed by atoms with E-state index in [1.807, 2.05) is 19.1 Å². The van der Waals surface area contributed by atoms with Crippen LogP contribution in [0.3, 0.4) is 0 Å². The molecular weight excluding hydrogens is 220 g/mol. The molecule has 0 saturated heterocycles. The first-order valence-corrected chi connectivity index (χ1v) is 5.42. The number of rotatable bonds is 4. The van der Waals surface area contributed by atoms with Gasteiger partial charge in [-0.05, 0) is 26.0 Å². The van der Waals surface area contributed by atoms with Crippen LogP contribution < -0.4 is 5.32 Å². The molecule has 0 aromatic carbocycles.